The summed E-state index contributed by atoms with van der Waals surface area (Å²) in [5, 5.41) is 0. The molecular weight excluding hydrogens is 472 g/mol. The van der Waals surface area contributed by atoms with E-state index in [0.29, 0.717) is 0 Å². The van der Waals surface area contributed by atoms with E-state index in [0.717, 1.165) is 0 Å². The molecular formula is Fe4N4O4S4. The van der Waals surface area contributed by atoms with Gasteiger partial charge in [-0.2, -0.15) is 0 Å². The number of hydrogen-bond acceptors (Lipinski definition) is 4. The van der Waals surface area contributed by atoms with Crippen molar-refractivity contribution in [3.8, 4) is 0 Å². The monoisotopic (exact) mass is 472 g/mol. The molecule has 0 bridgehead atoms. The molecule has 0 N–H and O–H groups in total. The maximum Gasteiger partial charge on any atom is 2.00 e. The van der Waals surface area contributed by atoms with Crippen LogP contribution in [0, 0.1) is 19.6 Å². The van der Waals surface area contributed by atoms with Crippen molar-refractivity contribution in [2.45, 2.75) is 0 Å². The van der Waals surface area contributed by atoms with Crippen molar-refractivity contribution in [1.82, 2.24) is 22.4 Å². The summed E-state index contributed by atoms with van der Waals surface area (Å²) in [6.07, 6.45) is 0. The number of rotatable bonds is 0. The van der Waals surface area contributed by atoms with Crippen molar-refractivity contribution in [2.24, 2.45) is 0 Å². The SMILES string of the molecule is [Fe+2].[Fe+2].[Fe+2].[Fe+2].[N]=O.[N]=O.[N]=O.[N]=O.[S-2].[S-2].[S-2].[S-2]. The molecule has 0 aromatic rings. The fourth-order valence-corrected chi connectivity index (χ4v) is 0. The standard InChI is InChI=1S/4Fe.4NO.4S/c;;;;4*1-2;;;;/q4*+2;;;;;4*-2. The third-order valence-electron chi connectivity index (χ3n) is 0. The van der Waals surface area contributed by atoms with Crippen molar-refractivity contribution in [2.75, 3.05) is 0 Å². The van der Waals surface area contributed by atoms with Crippen LogP contribution in [0.1, 0.15) is 0 Å². The first-order chi connectivity index (χ1) is 4.00. The van der Waals surface area contributed by atoms with Gasteiger partial charge in [0.15, 0.2) is 0 Å². The Hall–Kier alpha value is 1.88. The van der Waals surface area contributed by atoms with Crippen molar-refractivity contribution in [3.05, 3.63) is 19.6 Å². The van der Waals surface area contributed by atoms with Crippen LogP contribution in [0.3, 0.4) is 0 Å². The number of nitroso groups, excluding NO2 is 4. The van der Waals surface area contributed by atoms with Crippen LogP contribution in [0.2, 0.25) is 0 Å². The Morgan fingerprint density at radius 2 is 0.312 bits per heavy atom. The summed E-state index contributed by atoms with van der Waals surface area (Å²) in [5.74, 6) is 0. The predicted molar refractivity (Wildman–Crippen MR) is 51.5 cm³/mol. The van der Waals surface area contributed by atoms with E-state index in [4.69, 9.17) is 42.0 Å². The van der Waals surface area contributed by atoms with Crippen molar-refractivity contribution in [1.29, 1.82) is 0 Å². The molecule has 0 heterocycles. The van der Waals surface area contributed by atoms with Gasteiger partial charge in [-0.15, -0.1) is 19.6 Å². The Labute approximate surface area is 162 Å². The van der Waals surface area contributed by atoms with Gasteiger partial charge in [0.1, 0.15) is 22.4 Å². The second-order valence-corrected chi connectivity index (χ2v) is 0. The molecule has 0 saturated heterocycles. The summed E-state index contributed by atoms with van der Waals surface area (Å²) in [4.78, 5) is 29.0. The second kappa shape index (κ2) is 1210. The van der Waals surface area contributed by atoms with Crippen LogP contribution in [0.5, 0.6) is 0 Å². The smallest absolute Gasteiger partial charge is 2.00 e. The molecule has 0 atom stereocenters. The Balaban J connectivity index is -0.00000000114. The van der Waals surface area contributed by atoms with Gasteiger partial charge in [0.25, 0.3) is 0 Å². The van der Waals surface area contributed by atoms with E-state index in [1.54, 1.807) is 0 Å². The molecule has 0 aliphatic rings. The van der Waals surface area contributed by atoms with Gasteiger partial charge in [-0.25, -0.2) is 0 Å². The first-order valence-electron chi connectivity index (χ1n) is 0.730. The van der Waals surface area contributed by atoms with Gasteiger partial charge in [0.05, 0.1) is 0 Å². The first-order valence-corrected chi connectivity index (χ1v) is 0.730. The van der Waals surface area contributed by atoms with Gasteiger partial charge in [0.2, 0.25) is 0 Å². The molecule has 8 nitrogen and oxygen atoms in total. The van der Waals surface area contributed by atoms with Crippen LogP contribution in [0.4, 0.5) is 0 Å². The summed E-state index contributed by atoms with van der Waals surface area (Å²) in [6, 6.07) is 0. The Morgan fingerprint density at radius 1 is 0.312 bits per heavy atom. The van der Waals surface area contributed by atoms with Gasteiger partial charge in [0, 0.05) is 0 Å². The molecule has 0 saturated carbocycles. The Morgan fingerprint density at radius 3 is 0.312 bits per heavy atom. The summed E-state index contributed by atoms with van der Waals surface area (Å²) in [5.41, 5.74) is 23.0. The van der Waals surface area contributed by atoms with Crippen LogP contribution in [-0.4, -0.2) is 0 Å². The van der Waals surface area contributed by atoms with Gasteiger partial charge in [-0.3, -0.25) is 0 Å². The molecule has 16 heavy (non-hydrogen) atoms. The van der Waals surface area contributed by atoms with Crippen LogP contribution in [0.25, 0.3) is 0 Å². The average molecular weight is 472 g/mol. The van der Waals surface area contributed by atoms with Gasteiger partial charge < -0.3 is 54.0 Å². The molecule has 0 rings (SSSR count). The van der Waals surface area contributed by atoms with E-state index in [2.05, 4.69) is 0 Å². The van der Waals surface area contributed by atoms with E-state index in [1.807, 2.05) is 0 Å². The molecule has 0 amide bonds. The van der Waals surface area contributed by atoms with Crippen LogP contribution in [-0.2, 0) is 122 Å². The van der Waals surface area contributed by atoms with Crippen LogP contribution < -0.4 is 22.4 Å². The maximum atomic E-state index is 7.25. The third-order valence-corrected chi connectivity index (χ3v) is 0. The Kier molecular flexibility index (Phi) is 11100. The van der Waals surface area contributed by atoms with E-state index in [1.165, 1.54) is 0 Å². The molecule has 4 radical (unpaired) electrons. The van der Waals surface area contributed by atoms with Gasteiger partial charge >= 0.3 is 68.3 Å². The normalized spacial score (nSPS) is 1.00. The zero-order chi connectivity index (χ0) is 8.00. The van der Waals surface area contributed by atoms with Crippen molar-refractivity contribution in [3.63, 3.8) is 0 Å². The van der Waals surface area contributed by atoms with E-state index in [-0.39, 0.29) is 122 Å². The summed E-state index contributed by atoms with van der Waals surface area (Å²) < 4.78 is 0. The van der Waals surface area contributed by atoms with E-state index in [9.17, 15) is 0 Å². The summed E-state index contributed by atoms with van der Waals surface area (Å²) >= 11 is 0. The first kappa shape index (κ1) is 147. The van der Waals surface area contributed by atoms with Crippen LogP contribution in [0.15, 0.2) is 0 Å². The molecule has 0 aromatic carbocycles. The zero-order valence-electron chi connectivity index (χ0n) is 6.47. The van der Waals surface area contributed by atoms with E-state index >= 15 is 0 Å². The predicted octanol–water partition coefficient (Wildman–Crippen LogP) is -1.81. The topological polar surface area (TPSA) is 157 Å². The van der Waals surface area contributed by atoms with Crippen molar-refractivity contribution < 1.29 is 68.3 Å². The fraction of sp³-hybridized carbons (Fsp3) is 0. The zero-order valence-corrected chi connectivity index (χ0v) is 14.2. The van der Waals surface area contributed by atoms with Crippen molar-refractivity contribution >= 4 is 54.0 Å². The minimum Gasteiger partial charge on any atom is -2.00 e. The average Bonchev–Trinajstić information content (AvgIpc) is 2.03. The number of nitrogens with zero attached hydrogens (tertiary/aromatic N) is 4. The molecule has 0 aliphatic carbocycles. The minimum atomic E-state index is 0. The van der Waals surface area contributed by atoms with Gasteiger partial charge in [-0.05, 0) is 0 Å². The second-order valence-electron chi connectivity index (χ2n) is 0. The molecule has 0 unspecified atom stereocenters. The molecule has 100 valence electrons. The molecule has 0 fully saturated rings. The fourth-order valence-electron chi connectivity index (χ4n) is 0. The summed E-state index contributed by atoms with van der Waals surface area (Å²) in [6.45, 7) is 0. The van der Waals surface area contributed by atoms with Gasteiger partial charge in [-0.1, -0.05) is 0 Å². The quantitative estimate of drug-likeness (QED) is 0.381. The largest absolute Gasteiger partial charge is 2.00 e. The molecule has 0 spiro atoms. The molecule has 0 aromatic heterocycles. The third kappa shape index (κ3) is 997. The maximum absolute atomic E-state index is 7.25. The minimum absolute atomic E-state index is 0. The number of hydrogen-bond donors (Lipinski definition) is 0. The molecule has 0 aliphatic heterocycles. The van der Waals surface area contributed by atoms with E-state index < -0.39 is 0 Å². The van der Waals surface area contributed by atoms with Crippen LogP contribution >= 0.6 is 0 Å². The summed E-state index contributed by atoms with van der Waals surface area (Å²) in [7, 11) is 0. The Bertz CT molecular complexity index is 40.0. The molecule has 16 heteroatoms.